The molecule has 1 amide bonds. The lowest BCUT2D eigenvalue weighted by Crippen LogP contribution is -2.39. The summed E-state index contributed by atoms with van der Waals surface area (Å²) in [7, 11) is 0. The third-order valence-corrected chi connectivity index (χ3v) is 6.06. The summed E-state index contributed by atoms with van der Waals surface area (Å²) in [5.74, 6) is -0.486. The molecular weight excluding hydrogens is 522 g/mol. The quantitative estimate of drug-likeness (QED) is 0.270. The van der Waals surface area contributed by atoms with Crippen LogP contribution >= 0.6 is 11.6 Å². The van der Waals surface area contributed by atoms with Gasteiger partial charge >= 0.3 is 11.5 Å². The summed E-state index contributed by atoms with van der Waals surface area (Å²) in [5.41, 5.74) is 3.98. The van der Waals surface area contributed by atoms with Gasteiger partial charge in [0, 0.05) is 48.2 Å². The van der Waals surface area contributed by atoms with Crippen molar-refractivity contribution in [2.75, 3.05) is 23.3 Å². The van der Waals surface area contributed by atoms with Crippen molar-refractivity contribution in [3.05, 3.63) is 54.4 Å². The maximum atomic E-state index is 12.9. The predicted molar refractivity (Wildman–Crippen MR) is 137 cm³/mol. The van der Waals surface area contributed by atoms with Crippen molar-refractivity contribution in [3.8, 4) is 17.0 Å². The van der Waals surface area contributed by atoms with E-state index in [1.165, 1.54) is 30.5 Å². The van der Waals surface area contributed by atoms with E-state index in [1.54, 1.807) is 18.3 Å². The number of aromatic amines is 1. The van der Waals surface area contributed by atoms with E-state index in [-0.39, 0.29) is 23.3 Å². The van der Waals surface area contributed by atoms with E-state index in [9.17, 15) is 18.4 Å². The number of nitrogens with one attached hydrogen (secondary N) is 2. The zero-order valence-electron chi connectivity index (χ0n) is 20.7. The third-order valence-electron chi connectivity index (χ3n) is 5.98. The number of carbonyl (C=O) groups excluding carboxylic acids is 2. The number of hydrogen-bond donors (Lipinski definition) is 3. The lowest BCUT2D eigenvalue weighted by atomic mass is 10.1. The van der Waals surface area contributed by atoms with Crippen LogP contribution in [0.5, 0.6) is 5.75 Å². The van der Waals surface area contributed by atoms with Gasteiger partial charge in [0.25, 0.3) is 5.91 Å². The van der Waals surface area contributed by atoms with E-state index in [4.69, 9.17) is 22.1 Å². The standard InChI is InChI=1S/C25H27ClF2N6O4/c1-14(2)21(29)24(36)37-18-8-10-34(13-18)22-19(20-7-9-31-33-20)11-15(12-30-22)23(35)32-16-3-5-17(6-4-16)38-25(26,27)28/h3-7,9,11-12,14,18,21H,8,10,13,29H2,1-2H3,(H,31,33)(H,32,35)/t18-,21+/m0/s1. The number of nitrogens with zero attached hydrogens (tertiary/aromatic N) is 3. The monoisotopic (exact) mass is 548 g/mol. The molecule has 0 unspecified atom stereocenters. The van der Waals surface area contributed by atoms with Gasteiger partial charge in [-0.15, -0.1) is 8.78 Å². The Morgan fingerprint density at radius 1 is 1.26 bits per heavy atom. The number of alkyl halides is 3. The molecular formula is C25H27ClF2N6O4. The summed E-state index contributed by atoms with van der Waals surface area (Å²) in [4.78, 5) is 31.8. The zero-order chi connectivity index (χ0) is 27.4. The molecule has 1 fully saturated rings. The Balaban J connectivity index is 1.49. The van der Waals surface area contributed by atoms with Gasteiger partial charge in [0.2, 0.25) is 0 Å². The molecule has 3 aromatic rings. The maximum Gasteiger partial charge on any atom is 0.487 e. The zero-order valence-corrected chi connectivity index (χ0v) is 21.4. The number of anilines is 2. The highest BCUT2D eigenvalue weighted by molar-refractivity contribution is 6.20. The number of nitrogens with two attached hydrogens (primary N) is 1. The number of aromatic nitrogens is 3. The number of hydrogen-bond acceptors (Lipinski definition) is 8. The fourth-order valence-electron chi connectivity index (χ4n) is 3.91. The second kappa shape index (κ2) is 11.3. The van der Waals surface area contributed by atoms with Gasteiger partial charge in [0.15, 0.2) is 0 Å². The number of pyridine rings is 1. The number of benzene rings is 1. The van der Waals surface area contributed by atoms with Crippen LogP contribution in [-0.2, 0) is 9.53 Å². The van der Waals surface area contributed by atoms with Crippen LogP contribution in [0.1, 0.15) is 30.6 Å². The molecule has 2 aromatic heterocycles. The fraction of sp³-hybridized carbons (Fsp3) is 0.360. The van der Waals surface area contributed by atoms with Crippen molar-refractivity contribution in [1.82, 2.24) is 15.2 Å². The molecule has 202 valence electrons. The second-order valence-corrected chi connectivity index (χ2v) is 9.60. The Kier molecular flexibility index (Phi) is 8.12. The van der Waals surface area contributed by atoms with Crippen LogP contribution in [0, 0.1) is 5.92 Å². The highest BCUT2D eigenvalue weighted by atomic mass is 35.5. The van der Waals surface area contributed by atoms with Gasteiger partial charge in [0.05, 0.1) is 17.8 Å². The van der Waals surface area contributed by atoms with E-state index in [2.05, 4.69) is 25.2 Å². The van der Waals surface area contributed by atoms with E-state index in [1.807, 2.05) is 18.7 Å². The number of rotatable bonds is 9. The van der Waals surface area contributed by atoms with Crippen LogP contribution in [0.25, 0.3) is 11.3 Å². The smallest absolute Gasteiger partial charge is 0.459 e. The van der Waals surface area contributed by atoms with Crippen LogP contribution in [0.15, 0.2) is 48.8 Å². The molecule has 1 aliphatic rings. The molecule has 38 heavy (non-hydrogen) atoms. The van der Waals surface area contributed by atoms with Crippen LogP contribution in [0.2, 0.25) is 0 Å². The van der Waals surface area contributed by atoms with Gasteiger partial charge in [-0.05, 0) is 42.3 Å². The van der Waals surface area contributed by atoms with Crippen molar-refractivity contribution < 1.29 is 27.8 Å². The van der Waals surface area contributed by atoms with Gasteiger partial charge in [-0.3, -0.25) is 14.7 Å². The molecule has 2 atom stereocenters. The number of halogens is 3. The Labute approximate surface area is 222 Å². The molecule has 0 aliphatic carbocycles. The van der Waals surface area contributed by atoms with Gasteiger partial charge < -0.3 is 25.4 Å². The molecule has 3 heterocycles. The number of carbonyl (C=O) groups is 2. The Morgan fingerprint density at radius 3 is 2.63 bits per heavy atom. The van der Waals surface area contributed by atoms with Gasteiger partial charge in [-0.25, -0.2) is 4.98 Å². The molecule has 0 saturated carbocycles. The summed E-state index contributed by atoms with van der Waals surface area (Å²) in [6.07, 6.45) is 3.29. The van der Waals surface area contributed by atoms with Crippen molar-refractivity contribution >= 4 is 35.0 Å². The van der Waals surface area contributed by atoms with Gasteiger partial charge in [0.1, 0.15) is 23.7 Å². The number of ether oxygens (including phenoxy) is 2. The fourth-order valence-corrected chi connectivity index (χ4v) is 4.00. The van der Waals surface area contributed by atoms with Gasteiger partial charge in [-0.1, -0.05) is 13.8 Å². The predicted octanol–water partition coefficient (Wildman–Crippen LogP) is 4.00. The SMILES string of the molecule is CC(C)[C@@H](N)C(=O)O[C@H]1CCN(c2ncc(C(=O)Nc3ccc(OC(F)(F)Cl)cc3)cc2-c2ccn[nH]2)C1. The van der Waals surface area contributed by atoms with Crippen LogP contribution in [0.3, 0.4) is 0 Å². The first-order valence-electron chi connectivity index (χ1n) is 11.9. The molecule has 4 rings (SSSR count). The number of H-pyrrole nitrogens is 1. The number of amides is 1. The summed E-state index contributed by atoms with van der Waals surface area (Å²) in [6.45, 7) is 4.73. The normalized spacial score (nSPS) is 16.4. The molecule has 0 spiro atoms. The Morgan fingerprint density at radius 2 is 2.00 bits per heavy atom. The average Bonchev–Trinajstić information content (AvgIpc) is 3.56. The molecule has 0 bridgehead atoms. The van der Waals surface area contributed by atoms with E-state index in [0.717, 1.165) is 0 Å². The Bertz CT molecular complexity index is 1270. The molecule has 0 radical (unpaired) electrons. The molecule has 13 heteroatoms. The minimum absolute atomic E-state index is 0.0333. The molecule has 10 nitrogen and oxygen atoms in total. The van der Waals surface area contributed by atoms with Crippen molar-refractivity contribution in [2.45, 2.75) is 38.0 Å². The molecule has 1 saturated heterocycles. The largest absolute Gasteiger partial charge is 0.487 e. The summed E-state index contributed by atoms with van der Waals surface area (Å²) < 4.78 is 35.5. The molecule has 1 aliphatic heterocycles. The summed E-state index contributed by atoms with van der Waals surface area (Å²) in [5, 5.41) is 9.59. The lowest BCUT2D eigenvalue weighted by molar-refractivity contribution is -0.150. The van der Waals surface area contributed by atoms with E-state index < -0.39 is 23.5 Å². The first-order chi connectivity index (χ1) is 18.0. The highest BCUT2D eigenvalue weighted by Crippen LogP contribution is 2.32. The van der Waals surface area contributed by atoms with Crippen molar-refractivity contribution in [1.29, 1.82) is 0 Å². The van der Waals surface area contributed by atoms with Crippen molar-refractivity contribution in [3.63, 3.8) is 0 Å². The minimum atomic E-state index is -3.83. The second-order valence-electron chi connectivity index (χ2n) is 9.16. The molecule has 4 N–H and O–H groups in total. The average molecular weight is 549 g/mol. The number of esters is 1. The van der Waals surface area contributed by atoms with Crippen LogP contribution in [-0.4, -0.2) is 57.9 Å². The first kappa shape index (κ1) is 27.3. The lowest BCUT2D eigenvalue weighted by Gasteiger charge is -2.22. The topological polar surface area (TPSA) is 135 Å². The van der Waals surface area contributed by atoms with Crippen LogP contribution in [0.4, 0.5) is 20.3 Å². The molecule has 1 aromatic carbocycles. The van der Waals surface area contributed by atoms with E-state index in [0.29, 0.717) is 42.3 Å². The van der Waals surface area contributed by atoms with Gasteiger partial charge in [-0.2, -0.15) is 5.10 Å². The van der Waals surface area contributed by atoms with Crippen molar-refractivity contribution in [2.24, 2.45) is 11.7 Å². The first-order valence-corrected chi connectivity index (χ1v) is 12.3. The van der Waals surface area contributed by atoms with E-state index >= 15 is 0 Å². The summed E-state index contributed by atoms with van der Waals surface area (Å²) >= 11 is 4.77. The Hall–Kier alpha value is -3.77. The third kappa shape index (κ3) is 6.75. The van der Waals surface area contributed by atoms with Crippen LogP contribution < -0.4 is 20.7 Å². The maximum absolute atomic E-state index is 12.9. The highest BCUT2D eigenvalue weighted by Gasteiger charge is 2.31. The summed E-state index contributed by atoms with van der Waals surface area (Å²) in [6, 6.07) is 8.06. The minimum Gasteiger partial charge on any atom is -0.459 e.